The van der Waals surface area contributed by atoms with Crippen LogP contribution in [-0.4, -0.2) is 62.9 Å². The molecule has 2 aromatic heterocycles. The highest BCUT2D eigenvalue weighted by Gasteiger charge is 2.49. The van der Waals surface area contributed by atoms with Crippen molar-refractivity contribution in [2.75, 3.05) is 18.0 Å². The van der Waals surface area contributed by atoms with Crippen molar-refractivity contribution in [2.24, 2.45) is 7.05 Å². The Kier molecular flexibility index (Phi) is 4.16. The van der Waals surface area contributed by atoms with Gasteiger partial charge in [-0.05, 0) is 20.3 Å². The van der Waals surface area contributed by atoms with E-state index < -0.39 is 15.3 Å². The van der Waals surface area contributed by atoms with E-state index in [1.165, 1.54) is 6.20 Å². The molecule has 0 N–H and O–H groups in total. The third-order valence-electron chi connectivity index (χ3n) is 5.24. The summed E-state index contributed by atoms with van der Waals surface area (Å²) in [7, 11) is -1.46. The van der Waals surface area contributed by atoms with Gasteiger partial charge < -0.3 is 4.90 Å². The zero-order chi connectivity index (χ0) is 19.3. The third-order valence-corrected chi connectivity index (χ3v) is 7.53. The quantitative estimate of drug-likeness (QED) is 0.762. The van der Waals surface area contributed by atoms with Crippen LogP contribution in [0.15, 0.2) is 18.6 Å². The minimum atomic E-state index is -3.28. The minimum Gasteiger partial charge on any atom is -0.349 e. The standard InChI is InChI=1S/C17H21N7O2S/c1-11(2)27(25,26)24-10-14-4-15(24)9-23(14)17-12(5-18)6-19-16(21-17)13-7-20-22(3)8-13/h6-8,11,14-15H,4,9-10H2,1-3H3/t14-,15+/m0/s1. The number of hydrogen-bond acceptors (Lipinski definition) is 7. The number of nitrogens with zero attached hydrogens (tertiary/aromatic N) is 7. The lowest BCUT2D eigenvalue weighted by atomic mass is 10.2. The smallest absolute Gasteiger partial charge is 0.216 e. The zero-order valence-electron chi connectivity index (χ0n) is 15.4. The highest BCUT2D eigenvalue weighted by Crippen LogP contribution is 2.37. The van der Waals surface area contributed by atoms with E-state index in [2.05, 4.69) is 26.0 Å². The second-order valence-corrected chi connectivity index (χ2v) is 9.75. The van der Waals surface area contributed by atoms with E-state index in [1.54, 1.807) is 29.0 Å². The van der Waals surface area contributed by atoms with Gasteiger partial charge >= 0.3 is 0 Å². The van der Waals surface area contributed by atoms with Gasteiger partial charge in [0.05, 0.1) is 23.2 Å². The summed E-state index contributed by atoms with van der Waals surface area (Å²) in [6.07, 6.45) is 5.78. The molecular weight excluding hydrogens is 366 g/mol. The lowest BCUT2D eigenvalue weighted by Crippen LogP contribution is -2.50. The Balaban J connectivity index is 1.65. The number of rotatable bonds is 4. The fourth-order valence-corrected chi connectivity index (χ4v) is 5.31. The maximum atomic E-state index is 12.6. The van der Waals surface area contributed by atoms with Crippen molar-refractivity contribution in [3.05, 3.63) is 24.2 Å². The van der Waals surface area contributed by atoms with Crippen molar-refractivity contribution in [1.82, 2.24) is 24.1 Å². The molecule has 0 spiro atoms. The van der Waals surface area contributed by atoms with Gasteiger partial charge in [0.15, 0.2) is 11.6 Å². The Hall–Kier alpha value is -2.51. The average molecular weight is 387 g/mol. The molecule has 2 aliphatic rings. The molecule has 2 atom stereocenters. The van der Waals surface area contributed by atoms with Crippen molar-refractivity contribution in [1.29, 1.82) is 5.26 Å². The van der Waals surface area contributed by atoms with Gasteiger partial charge in [0.25, 0.3) is 0 Å². The van der Waals surface area contributed by atoms with Gasteiger partial charge in [0, 0.05) is 38.4 Å². The summed E-state index contributed by atoms with van der Waals surface area (Å²) in [5.41, 5.74) is 1.17. The predicted octanol–water partition coefficient (Wildman–Crippen LogP) is 0.750. The van der Waals surface area contributed by atoms with E-state index in [-0.39, 0.29) is 12.1 Å². The number of aryl methyl sites for hydroxylation is 1. The molecule has 2 bridgehead atoms. The van der Waals surface area contributed by atoms with Gasteiger partial charge in [-0.15, -0.1) is 0 Å². The Morgan fingerprint density at radius 3 is 2.59 bits per heavy atom. The zero-order valence-corrected chi connectivity index (χ0v) is 16.3. The van der Waals surface area contributed by atoms with Gasteiger partial charge in [0.1, 0.15) is 11.6 Å². The second kappa shape index (κ2) is 6.28. The summed E-state index contributed by atoms with van der Waals surface area (Å²) >= 11 is 0. The highest BCUT2D eigenvalue weighted by molar-refractivity contribution is 7.89. The first-order valence-corrected chi connectivity index (χ1v) is 10.3. The number of sulfonamides is 1. The van der Waals surface area contributed by atoms with Crippen LogP contribution in [0, 0.1) is 11.3 Å². The number of anilines is 1. The van der Waals surface area contributed by atoms with Gasteiger partial charge in [-0.1, -0.05) is 0 Å². The van der Waals surface area contributed by atoms with Crippen molar-refractivity contribution < 1.29 is 8.42 Å². The molecule has 2 saturated heterocycles. The van der Waals surface area contributed by atoms with E-state index in [0.29, 0.717) is 30.3 Å². The van der Waals surface area contributed by atoms with Crippen LogP contribution in [-0.2, 0) is 17.1 Å². The lowest BCUT2D eigenvalue weighted by molar-refractivity contribution is 0.364. The summed E-state index contributed by atoms with van der Waals surface area (Å²) < 4.78 is 28.4. The maximum Gasteiger partial charge on any atom is 0.216 e. The normalized spacial score (nSPS) is 22.6. The van der Waals surface area contributed by atoms with E-state index in [9.17, 15) is 13.7 Å². The fourth-order valence-electron chi connectivity index (χ4n) is 3.82. The van der Waals surface area contributed by atoms with Crippen LogP contribution >= 0.6 is 0 Å². The monoisotopic (exact) mass is 387 g/mol. The van der Waals surface area contributed by atoms with E-state index in [1.807, 2.05) is 13.2 Å². The van der Waals surface area contributed by atoms with Crippen LogP contribution in [0.2, 0.25) is 0 Å². The molecule has 2 fully saturated rings. The molecule has 4 rings (SSSR count). The van der Waals surface area contributed by atoms with Crippen molar-refractivity contribution in [2.45, 2.75) is 37.6 Å². The summed E-state index contributed by atoms with van der Waals surface area (Å²) in [6, 6.07) is 2.10. The van der Waals surface area contributed by atoms with Crippen LogP contribution in [0.4, 0.5) is 5.82 Å². The number of nitriles is 1. The molecule has 2 aromatic rings. The SMILES string of the molecule is CC(C)S(=O)(=O)N1C[C@@H]2C[C@@H]1CN2c1nc(-c2cnn(C)c2)ncc1C#N. The maximum absolute atomic E-state index is 12.6. The van der Waals surface area contributed by atoms with Crippen LogP contribution < -0.4 is 4.90 Å². The first-order chi connectivity index (χ1) is 12.8. The van der Waals surface area contributed by atoms with Crippen LogP contribution in [0.5, 0.6) is 0 Å². The summed E-state index contributed by atoms with van der Waals surface area (Å²) in [4.78, 5) is 11.0. The molecule has 0 aliphatic carbocycles. The highest BCUT2D eigenvalue weighted by atomic mass is 32.2. The molecule has 0 aromatic carbocycles. The van der Waals surface area contributed by atoms with Gasteiger partial charge in [0.2, 0.25) is 10.0 Å². The summed E-state index contributed by atoms with van der Waals surface area (Å²) in [5.74, 6) is 1.08. The molecule has 10 heteroatoms. The molecule has 0 saturated carbocycles. The third kappa shape index (κ3) is 2.87. The topological polar surface area (TPSA) is 108 Å². The largest absolute Gasteiger partial charge is 0.349 e. The molecule has 27 heavy (non-hydrogen) atoms. The molecule has 142 valence electrons. The number of hydrogen-bond donors (Lipinski definition) is 0. The Labute approximate surface area is 158 Å². The first-order valence-electron chi connectivity index (χ1n) is 8.84. The molecule has 0 radical (unpaired) electrons. The van der Waals surface area contributed by atoms with Gasteiger partial charge in [-0.2, -0.15) is 14.7 Å². The second-order valence-electron chi connectivity index (χ2n) is 7.30. The molecule has 9 nitrogen and oxygen atoms in total. The van der Waals surface area contributed by atoms with Crippen LogP contribution in [0.1, 0.15) is 25.8 Å². The predicted molar refractivity (Wildman–Crippen MR) is 99.2 cm³/mol. The fraction of sp³-hybridized carbons (Fsp3) is 0.529. The Morgan fingerprint density at radius 1 is 1.26 bits per heavy atom. The molecule has 2 aliphatic heterocycles. The molecule has 4 heterocycles. The van der Waals surface area contributed by atoms with E-state index >= 15 is 0 Å². The van der Waals surface area contributed by atoms with Gasteiger partial charge in [-0.3, -0.25) is 4.68 Å². The van der Waals surface area contributed by atoms with E-state index in [4.69, 9.17) is 0 Å². The van der Waals surface area contributed by atoms with E-state index in [0.717, 1.165) is 12.0 Å². The molecular formula is C17H21N7O2S. The summed E-state index contributed by atoms with van der Waals surface area (Å²) in [6.45, 7) is 4.38. The molecule has 0 amide bonds. The van der Waals surface area contributed by atoms with Gasteiger partial charge in [-0.25, -0.2) is 18.4 Å². The Morgan fingerprint density at radius 2 is 2.04 bits per heavy atom. The minimum absolute atomic E-state index is 0.0206. The van der Waals surface area contributed by atoms with Crippen molar-refractivity contribution in [3.8, 4) is 17.5 Å². The van der Waals surface area contributed by atoms with Crippen LogP contribution in [0.3, 0.4) is 0 Å². The first kappa shape index (κ1) is 17.9. The van der Waals surface area contributed by atoms with Crippen molar-refractivity contribution in [3.63, 3.8) is 0 Å². The summed E-state index contributed by atoms with van der Waals surface area (Å²) in [5, 5.41) is 13.2. The van der Waals surface area contributed by atoms with Crippen LogP contribution in [0.25, 0.3) is 11.4 Å². The van der Waals surface area contributed by atoms with Crippen molar-refractivity contribution >= 4 is 15.8 Å². The molecule has 0 unspecified atom stereocenters. The Bertz CT molecular complexity index is 1020. The number of fused-ring (bicyclic) bond motifs is 2. The lowest BCUT2D eigenvalue weighted by Gasteiger charge is -2.35. The number of aromatic nitrogens is 4. The number of piperazine rings is 1. The average Bonchev–Trinajstić information content (AvgIpc) is 3.36.